The first kappa shape index (κ1) is 12.9. The zero-order chi connectivity index (χ0) is 10.1. The van der Waals surface area contributed by atoms with Gasteiger partial charge in [-0.25, -0.2) is 0 Å². The molecular weight excluding hydrogens is 168 g/mol. The maximum absolute atomic E-state index is 9.28. The summed E-state index contributed by atoms with van der Waals surface area (Å²) in [7, 11) is 1.60. The molecule has 13 heavy (non-hydrogen) atoms. The molecule has 0 radical (unpaired) electrons. The van der Waals surface area contributed by atoms with Gasteiger partial charge in [-0.05, 0) is 18.8 Å². The molecule has 1 unspecified atom stereocenters. The minimum atomic E-state index is -0.340. The molecule has 0 bridgehead atoms. The van der Waals surface area contributed by atoms with Gasteiger partial charge in [-0.2, -0.15) is 0 Å². The summed E-state index contributed by atoms with van der Waals surface area (Å²) in [6.07, 6.45) is 1.32. The van der Waals surface area contributed by atoms with Crippen molar-refractivity contribution in [2.45, 2.75) is 32.8 Å². The summed E-state index contributed by atoms with van der Waals surface area (Å²) in [5.41, 5.74) is 0. The van der Waals surface area contributed by atoms with Crippen LogP contribution in [0.2, 0.25) is 0 Å². The molecule has 0 aromatic carbocycles. The lowest BCUT2D eigenvalue weighted by Gasteiger charge is -2.10. The van der Waals surface area contributed by atoms with E-state index in [1.807, 2.05) is 0 Å². The molecule has 0 heterocycles. The van der Waals surface area contributed by atoms with E-state index in [0.29, 0.717) is 12.5 Å². The molecule has 3 heteroatoms. The van der Waals surface area contributed by atoms with E-state index >= 15 is 0 Å². The van der Waals surface area contributed by atoms with E-state index < -0.39 is 0 Å². The fourth-order valence-corrected chi connectivity index (χ4v) is 1.02. The highest BCUT2D eigenvalue weighted by Gasteiger charge is 2.02. The van der Waals surface area contributed by atoms with E-state index in [4.69, 9.17) is 9.47 Å². The molecular formula is C10H22O3. The maximum Gasteiger partial charge on any atom is 0.0774 e. The molecule has 0 aliphatic carbocycles. The van der Waals surface area contributed by atoms with Gasteiger partial charge in [-0.15, -0.1) is 0 Å². The van der Waals surface area contributed by atoms with Crippen molar-refractivity contribution in [3.05, 3.63) is 0 Å². The summed E-state index contributed by atoms with van der Waals surface area (Å²) in [5, 5.41) is 9.28. The van der Waals surface area contributed by atoms with Crippen LogP contribution in [0.4, 0.5) is 0 Å². The third kappa shape index (κ3) is 9.80. The Morgan fingerprint density at radius 3 is 2.46 bits per heavy atom. The van der Waals surface area contributed by atoms with E-state index in [0.717, 1.165) is 26.1 Å². The number of ether oxygens (including phenoxy) is 2. The first-order valence-corrected chi connectivity index (χ1v) is 4.91. The van der Waals surface area contributed by atoms with Crippen molar-refractivity contribution in [3.8, 4) is 0 Å². The molecule has 0 aromatic rings. The molecule has 0 fully saturated rings. The Balaban J connectivity index is 3.06. The van der Waals surface area contributed by atoms with Crippen molar-refractivity contribution < 1.29 is 14.6 Å². The van der Waals surface area contributed by atoms with Crippen LogP contribution in [-0.2, 0) is 9.47 Å². The van der Waals surface area contributed by atoms with Gasteiger partial charge in [0.25, 0.3) is 0 Å². The van der Waals surface area contributed by atoms with Crippen LogP contribution < -0.4 is 0 Å². The number of aliphatic hydroxyl groups excluding tert-OH is 1. The van der Waals surface area contributed by atoms with Crippen molar-refractivity contribution in [2.24, 2.45) is 5.92 Å². The van der Waals surface area contributed by atoms with Crippen molar-refractivity contribution in [2.75, 3.05) is 26.9 Å². The summed E-state index contributed by atoms with van der Waals surface area (Å²) < 4.78 is 10.2. The molecule has 1 N–H and O–H groups in total. The zero-order valence-electron chi connectivity index (χ0n) is 8.95. The zero-order valence-corrected chi connectivity index (χ0v) is 8.95. The number of hydrogen-bond acceptors (Lipinski definition) is 3. The molecule has 0 saturated carbocycles. The summed E-state index contributed by atoms with van der Waals surface area (Å²) in [4.78, 5) is 0. The van der Waals surface area contributed by atoms with Crippen LogP contribution in [0.3, 0.4) is 0 Å². The average Bonchev–Trinajstić information content (AvgIpc) is 2.03. The SMILES string of the molecule is COCC(O)CCCOCC(C)C. The van der Waals surface area contributed by atoms with Gasteiger partial charge in [0.2, 0.25) is 0 Å². The minimum Gasteiger partial charge on any atom is -0.391 e. The monoisotopic (exact) mass is 190 g/mol. The van der Waals surface area contributed by atoms with Gasteiger partial charge in [-0.1, -0.05) is 13.8 Å². The largest absolute Gasteiger partial charge is 0.391 e. The molecule has 0 aliphatic heterocycles. The van der Waals surface area contributed by atoms with Gasteiger partial charge in [-0.3, -0.25) is 0 Å². The Morgan fingerprint density at radius 2 is 1.92 bits per heavy atom. The molecule has 80 valence electrons. The lowest BCUT2D eigenvalue weighted by atomic mass is 10.2. The van der Waals surface area contributed by atoms with E-state index in [9.17, 15) is 5.11 Å². The quantitative estimate of drug-likeness (QED) is 0.589. The second kappa shape index (κ2) is 8.48. The average molecular weight is 190 g/mol. The smallest absolute Gasteiger partial charge is 0.0774 e. The predicted octanol–water partition coefficient (Wildman–Crippen LogP) is 1.45. The van der Waals surface area contributed by atoms with E-state index in [-0.39, 0.29) is 6.10 Å². The molecule has 0 saturated heterocycles. The van der Waals surface area contributed by atoms with Gasteiger partial charge in [0.05, 0.1) is 12.7 Å². The molecule has 3 nitrogen and oxygen atoms in total. The number of aliphatic hydroxyl groups is 1. The second-order valence-corrected chi connectivity index (χ2v) is 3.72. The molecule has 0 rings (SSSR count). The van der Waals surface area contributed by atoms with Crippen LogP contribution in [-0.4, -0.2) is 38.1 Å². The lowest BCUT2D eigenvalue weighted by Crippen LogP contribution is -2.15. The van der Waals surface area contributed by atoms with Crippen LogP contribution in [0.25, 0.3) is 0 Å². The highest BCUT2D eigenvalue weighted by molar-refractivity contribution is 4.53. The topological polar surface area (TPSA) is 38.7 Å². The number of methoxy groups -OCH3 is 1. The molecule has 1 atom stereocenters. The Morgan fingerprint density at radius 1 is 1.23 bits per heavy atom. The van der Waals surface area contributed by atoms with Crippen molar-refractivity contribution >= 4 is 0 Å². The Kier molecular flexibility index (Phi) is 8.40. The van der Waals surface area contributed by atoms with Gasteiger partial charge in [0.15, 0.2) is 0 Å². The third-order valence-corrected chi connectivity index (χ3v) is 1.64. The normalized spacial score (nSPS) is 13.6. The first-order valence-electron chi connectivity index (χ1n) is 4.91. The van der Waals surface area contributed by atoms with Crippen LogP contribution in [0.5, 0.6) is 0 Å². The van der Waals surface area contributed by atoms with Gasteiger partial charge < -0.3 is 14.6 Å². The number of rotatable bonds is 8. The highest BCUT2D eigenvalue weighted by atomic mass is 16.5. The molecule has 0 aliphatic rings. The Bertz CT molecular complexity index is 104. The first-order chi connectivity index (χ1) is 6.16. The summed E-state index contributed by atoms with van der Waals surface area (Å²) >= 11 is 0. The summed E-state index contributed by atoms with van der Waals surface area (Å²) in [6.45, 7) is 6.21. The van der Waals surface area contributed by atoms with Crippen molar-refractivity contribution in [1.29, 1.82) is 0 Å². The molecule has 0 amide bonds. The van der Waals surface area contributed by atoms with Crippen molar-refractivity contribution in [1.82, 2.24) is 0 Å². The Hall–Kier alpha value is -0.120. The highest BCUT2D eigenvalue weighted by Crippen LogP contribution is 1.99. The minimum absolute atomic E-state index is 0.340. The molecule has 0 spiro atoms. The van der Waals surface area contributed by atoms with Crippen LogP contribution >= 0.6 is 0 Å². The Labute approximate surface area is 81.0 Å². The predicted molar refractivity (Wildman–Crippen MR) is 52.8 cm³/mol. The van der Waals surface area contributed by atoms with E-state index in [2.05, 4.69) is 13.8 Å². The standard InChI is InChI=1S/C10H22O3/c1-9(2)7-13-6-4-5-10(11)8-12-3/h9-11H,4-8H2,1-3H3. The van der Waals surface area contributed by atoms with Crippen LogP contribution in [0.1, 0.15) is 26.7 Å². The van der Waals surface area contributed by atoms with E-state index in [1.165, 1.54) is 0 Å². The van der Waals surface area contributed by atoms with Gasteiger partial charge >= 0.3 is 0 Å². The van der Waals surface area contributed by atoms with Gasteiger partial charge in [0.1, 0.15) is 0 Å². The number of hydrogen-bond donors (Lipinski definition) is 1. The fraction of sp³-hybridized carbons (Fsp3) is 1.00. The fourth-order valence-electron chi connectivity index (χ4n) is 1.02. The van der Waals surface area contributed by atoms with Crippen LogP contribution in [0.15, 0.2) is 0 Å². The van der Waals surface area contributed by atoms with Crippen LogP contribution in [0, 0.1) is 5.92 Å². The summed E-state index contributed by atoms with van der Waals surface area (Å²) in [6, 6.07) is 0. The maximum atomic E-state index is 9.28. The molecule has 0 aromatic heterocycles. The third-order valence-electron chi connectivity index (χ3n) is 1.64. The lowest BCUT2D eigenvalue weighted by molar-refractivity contribution is 0.0458. The van der Waals surface area contributed by atoms with Gasteiger partial charge in [0, 0.05) is 20.3 Å². The van der Waals surface area contributed by atoms with E-state index in [1.54, 1.807) is 7.11 Å². The summed E-state index contributed by atoms with van der Waals surface area (Å²) in [5.74, 6) is 0.587. The second-order valence-electron chi connectivity index (χ2n) is 3.72. The van der Waals surface area contributed by atoms with Crippen molar-refractivity contribution in [3.63, 3.8) is 0 Å².